The Kier molecular flexibility index (Phi) is 5.33. The number of hydrogen-bond acceptors (Lipinski definition) is 3. The van der Waals surface area contributed by atoms with Crippen LogP contribution in [-0.4, -0.2) is 17.5 Å². The highest BCUT2D eigenvalue weighted by atomic mass is 35.5. The monoisotopic (exact) mass is 307 g/mol. The van der Waals surface area contributed by atoms with Crippen LogP contribution in [0, 0.1) is 6.92 Å². The molecule has 0 saturated heterocycles. The Morgan fingerprint density at radius 1 is 1.14 bits per heavy atom. The van der Waals surface area contributed by atoms with Gasteiger partial charge in [-0.1, -0.05) is 24.1 Å². The third-order valence-corrected chi connectivity index (χ3v) is 3.64. The quantitative estimate of drug-likeness (QED) is 0.651. The first-order valence-corrected chi connectivity index (χ1v) is 7.37. The van der Waals surface area contributed by atoms with Crippen molar-refractivity contribution in [3.63, 3.8) is 0 Å². The minimum atomic E-state index is -0.771. The normalized spacial score (nSPS) is 14.5. The summed E-state index contributed by atoms with van der Waals surface area (Å²) in [4.78, 5) is 23.5. The summed E-state index contributed by atoms with van der Waals surface area (Å²) in [7, 11) is 0. The van der Waals surface area contributed by atoms with Crippen LogP contribution in [0.1, 0.15) is 37.7 Å². The lowest BCUT2D eigenvalue weighted by atomic mass is 9.99. The summed E-state index contributed by atoms with van der Waals surface area (Å²) in [5, 5.41) is 7.05. The average molecular weight is 308 g/mol. The van der Waals surface area contributed by atoms with Gasteiger partial charge in [-0.15, -0.1) is 0 Å². The maximum atomic E-state index is 11.8. The summed E-state index contributed by atoms with van der Waals surface area (Å²) in [6.07, 6.45) is 5.14. The number of carbonyl (C=O) groups excluding carboxylic acids is 2. The van der Waals surface area contributed by atoms with E-state index in [0.717, 1.165) is 37.0 Å². The number of benzene rings is 1. The van der Waals surface area contributed by atoms with E-state index in [1.54, 1.807) is 18.2 Å². The van der Waals surface area contributed by atoms with Crippen molar-refractivity contribution >= 4 is 34.8 Å². The van der Waals surface area contributed by atoms with E-state index in [4.69, 9.17) is 11.6 Å². The van der Waals surface area contributed by atoms with Gasteiger partial charge in [-0.25, -0.2) is 5.43 Å². The number of halogens is 1. The first kappa shape index (κ1) is 15.5. The van der Waals surface area contributed by atoms with Crippen molar-refractivity contribution in [2.24, 2.45) is 5.10 Å². The molecule has 0 radical (unpaired) electrons. The zero-order valence-electron chi connectivity index (χ0n) is 11.9. The van der Waals surface area contributed by atoms with Gasteiger partial charge in [-0.2, -0.15) is 5.10 Å². The Morgan fingerprint density at radius 3 is 2.57 bits per heavy atom. The molecule has 0 aliphatic heterocycles. The molecule has 0 heterocycles. The first-order valence-electron chi connectivity index (χ1n) is 6.99. The molecular formula is C15H18ClN3O2. The van der Waals surface area contributed by atoms with E-state index in [2.05, 4.69) is 15.8 Å². The van der Waals surface area contributed by atoms with E-state index >= 15 is 0 Å². The van der Waals surface area contributed by atoms with Gasteiger partial charge in [0.1, 0.15) is 0 Å². The smallest absolute Gasteiger partial charge is 0.317 e. The fourth-order valence-electron chi connectivity index (χ4n) is 2.16. The predicted molar refractivity (Wildman–Crippen MR) is 83.5 cm³/mol. The van der Waals surface area contributed by atoms with Gasteiger partial charge in [0.2, 0.25) is 0 Å². The second-order valence-electron chi connectivity index (χ2n) is 5.09. The molecule has 1 saturated carbocycles. The van der Waals surface area contributed by atoms with Gasteiger partial charge < -0.3 is 5.32 Å². The molecule has 2 rings (SSSR count). The average Bonchev–Trinajstić information content (AvgIpc) is 2.49. The molecule has 0 bridgehead atoms. The van der Waals surface area contributed by atoms with Gasteiger partial charge in [-0.3, -0.25) is 9.59 Å². The Bertz CT molecular complexity index is 576. The third kappa shape index (κ3) is 4.56. The minimum Gasteiger partial charge on any atom is -0.317 e. The lowest BCUT2D eigenvalue weighted by molar-refractivity contribution is -0.136. The van der Waals surface area contributed by atoms with Crippen LogP contribution < -0.4 is 10.7 Å². The molecule has 112 valence electrons. The van der Waals surface area contributed by atoms with Crippen molar-refractivity contribution < 1.29 is 9.59 Å². The molecule has 2 amide bonds. The number of hydrogen-bond donors (Lipinski definition) is 2. The maximum absolute atomic E-state index is 11.8. The van der Waals surface area contributed by atoms with E-state index in [1.165, 1.54) is 6.42 Å². The lowest BCUT2D eigenvalue weighted by Crippen LogP contribution is -2.33. The molecule has 5 nitrogen and oxygen atoms in total. The molecule has 0 aromatic heterocycles. The van der Waals surface area contributed by atoms with Gasteiger partial charge in [-0.05, 0) is 50.3 Å². The molecule has 1 aromatic rings. The second kappa shape index (κ2) is 7.22. The topological polar surface area (TPSA) is 70.6 Å². The number of aryl methyl sites for hydroxylation is 1. The van der Waals surface area contributed by atoms with Crippen LogP contribution in [0.25, 0.3) is 0 Å². The molecule has 1 aromatic carbocycles. The molecular weight excluding hydrogens is 290 g/mol. The van der Waals surface area contributed by atoms with Crippen LogP contribution in [0.5, 0.6) is 0 Å². The third-order valence-electron chi connectivity index (χ3n) is 3.40. The largest absolute Gasteiger partial charge is 0.329 e. The lowest BCUT2D eigenvalue weighted by Gasteiger charge is -2.12. The molecule has 0 unspecified atom stereocenters. The second-order valence-corrected chi connectivity index (χ2v) is 5.53. The van der Waals surface area contributed by atoms with Crippen molar-refractivity contribution in [2.45, 2.75) is 39.0 Å². The number of amides is 2. The predicted octanol–water partition coefficient (Wildman–Crippen LogP) is 3.02. The summed E-state index contributed by atoms with van der Waals surface area (Å²) in [6, 6.07) is 5.11. The Morgan fingerprint density at radius 2 is 1.86 bits per heavy atom. The maximum Gasteiger partial charge on any atom is 0.329 e. The highest BCUT2D eigenvalue weighted by molar-refractivity contribution is 6.40. The van der Waals surface area contributed by atoms with Crippen molar-refractivity contribution in [1.29, 1.82) is 0 Å². The van der Waals surface area contributed by atoms with E-state index in [1.807, 2.05) is 6.92 Å². The fourth-order valence-corrected chi connectivity index (χ4v) is 2.33. The van der Waals surface area contributed by atoms with E-state index < -0.39 is 11.8 Å². The van der Waals surface area contributed by atoms with Crippen molar-refractivity contribution in [3.05, 3.63) is 28.8 Å². The van der Waals surface area contributed by atoms with Crippen molar-refractivity contribution in [2.75, 3.05) is 5.32 Å². The Balaban J connectivity index is 1.93. The summed E-state index contributed by atoms with van der Waals surface area (Å²) in [5.74, 6) is -1.52. The number of carbonyl (C=O) groups is 2. The van der Waals surface area contributed by atoms with E-state index in [-0.39, 0.29) is 0 Å². The molecule has 1 aliphatic rings. The van der Waals surface area contributed by atoms with Crippen LogP contribution in [0.2, 0.25) is 5.02 Å². The zero-order chi connectivity index (χ0) is 15.2. The van der Waals surface area contributed by atoms with E-state index in [9.17, 15) is 9.59 Å². The number of rotatable bonds is 2. The molecule has 1 aliphatic carbocycles. The highest BCUT2D eigenvalue weighted by Crippen LogP contribution is 2.20. The fraction of sp³-hybridized carbons (Fsp3) is 0.400. The van der Waals surface area contributed by atoms with Crippen molar-refractivity contribution in [1.82, 2.24) is 5.43 Å². The summed E-state index contributed by atoms with van der Waals surface area (Å²) in [5.41, 5.74) is 4.61. The standard InChI is InChI=1S/C15H18ClN3O2/c1-10-7-8-11(16)9-13(10)17-14(20)15(21)19-18-12-5-3-2-4-6-12/h7-9H,2-6H2,1H3,(H,17,20)(H,19,21). The molecule has 1 fully saturated rings. The number of nitrogens with zero attached hydrogens (tertiary/aromatic N) is 1. The molecule has 2 N–H and O–H groups in total. The van der Waals surface area contributed by atoms with Crippen LogP contribution in [0.15, 0.2) is 23.3 Å². The van der Waals surface area contributed by atoms with Crippen molar-refractivity contribution in [3.8, 4) is 0 Å². The Hall–Kier alpha value is -1.88. The minimum absolute atomic E-state index is 0.499. The molecule has 0 atom stereocenters. The number of nitrogens with one attached hydrogen (secondary N) is 2. The zero-order valence-corrected chi connectivity index (χ0v) is 12.7. The summed E-state index contributed by atoms with van der Waals surface area (Å²) in [6.45, 7) is 1.83. The highest BCUT2D eigenvalue weighted by Gasteiger charge is 2.15. The van der Waals surface area contributed by atoms with Gasteiger partial charge in [0.25, 0.3) is 0 Å². The SMILES string of the molecule is Cc1ccc(Cl)cc1NC(=O)C(=O)NN=C1CCCCC1. The summed E-state index contributed by atoms with van der Waals surface area (Å²) < 4.78 is 0. The number of hydrazone groups is 1. The number of anilines is 1. The Labute approximate surface area is 128 Å². The molecule has 0 spiro atoms. The van der Waals surface area contributed by atoms with Gasteiger partial charge in [0.05, 0.1) is 0 Å². The van der Waals surface area contributed by atoms with Crippen LogP contribution >= 0.6 is 11.6 Å². The van der Waals surface area contributed by atoms with Crippen LogP contribution in [-0.2, 0) is 9.59 Å². The summed E-state index contributed by atoms with van der Waals surface area (Å²) >= 11 is 5.87. The van der Waals surface area contributed by atoms with Gasteiger partial charge >= 0.3 is 11.8 Å². The molecule has 6 heteroatoms. The van der Waals surface area contributed by atoms with Gasteiger partial charge in [0, 0.05) is 16.4 Å². The molecule has 21 heavy (non-hydrogen) atoms. The van der Waals surface area contributed by atoms with Gasteiger partial charge in [0.15, 0.2) is 0 Å². The van der Waals surface area contributed by atoms with E-state index in [0.29, 0.717) is 10.7 Å². The van der Waals surface area contributed by atoms with Crippen LogP contribution in [0.4, 0.5) is 5.69 Å². The van der Waals surface area contributed by atoms with Crippen LogP contribution in [0.3, 0.4) is 0 Å². The first-order chi connectivity index (χ1) is 10.1.